The molecule has 0 saturated carbocycles. The molecule has 0 bridgehead atoms. The molecule has 1 aromatic carbocycles. The molecule has 2 aliphatic rings. The van der Waals surface area contributed by atoms with Gasteiger partial charge in [-0.3, -0.25) is 19.2 Å². The summed E-state index contributed by atoms with van der Waals surface area (Å²) >= 11 is 0. The number of carbonyl (C=O) groups is 2. The van der Waals surface area contributed by atoms with Gasteiger partial charge in [-0.2, -0.15) is 5.10 Å². The molecule has 2 amide bonds. The Hall–Kier alpha value is -3.97. The van der Waals surface area contributed by atoms with Gasteiger partial charge in [-0.05, 0) is 39.0 Å². The number of aryl methyl sites for hydroxylation is 1. The molecule has 0 aliphatic carbocycles. The first-order chi connectivity index (χ1) is 18.9. The van der Waals surface area contributed by atoms with Crippen molar-refractivity contribution < 1.29 is 28.2 Å². The van der Waals surface area contributed by atoms with E-state index in [9.17, 15) is 23.5 Å². The molecule has 2 atom stereocenters. The molecule has 13 heteroatoms. The maximum absolute atomic E-state index is 13.8. The third-order valence-corrected chi connectivity index (χ3v) is 7.51. The van der Waals surface area contributed by atoms with Crippen LogP contribution in [0.15, 0.2) is 42.9 Å². The Bertz CT molecular complexity index is 1410. The predicted octanol–water partition coefficient (Wildman–Crippen LogP) is 2.37. The summed E-state index contributed by atoms with van der Waals surface area (Å²) in [7, 11) is 0. The maximum Gasteiger partial charge on any atom is 0.255 e. The summed E-state index contributed by atoms with van der Waals surface area (Å²) in [6.07, 6.45) is 4.67. The van der Waals surface area contributed by atoms with Crippen LogP contribution in [0.1, 0.15) is 32.9 Å². The number of carbonyl (C=O) groups excluding carboxylic acids is 2. The molecular formula is C27H31F2N7O4. The fraction of sp³-hybridized carbons (Fsp3) is 0.444. The van der Waals surface area contributed by atoms with Crippen molar-refractivity contribution in [2.45, 2.75) is 57.3 Å². The molecule has 212 valence electrons. The lowest BCUT2D eigenvalue weighted by Crippen LogP contribution is -2.67. The maximum atomic E-state index is 13.8. The molecule has 2 N–H and O–H groups in total. The molecule has 2 aliphatic heterocycles. The Kier molecular flexibility index (Phi) is 7.27. The lowest BCUT2D eigenvalue weighted by Gasteiger charge is -2.50. The molecule has 11 nitrogen and oxygen atoms in total. The summed E-state index contributed by atoms with van der Waals surface area (Å²) in [5.74, 6) is -2.28. The Balaban J connectivity index is 1.18. The number of hydrogen-bond donors (Lipinski definition) is 2. The summed E-state index contributed by atoms with van der Waals surface area (Å²) in [6, 6.07) is 4.17. The molecular weight excluding hydrogens is 524 g/mol. The topological polar surface area (TPSA) is 126 Å². The van der Waals surface area contributed by atoms with Crippen LogP contribution in [0.2, 0.25) is 0 Å². The first kappa shape index (κ1) is 27.6. The van der Waals surface area contributed by atoms with Crippen LogP contribution in [-0.4, -0.2) is 83.3 Å². The van der Waals surface area contributed by atoms with E-state index in [2.05, 4.69) is 20.4 Å². The van der Waals surface area contributed by atoms with E-state index in [1.165, 1.54) is 12.4 Å². The van der Waals surface area contributed by atoms with E-state index in [1.807, 2.05) is 24.8 Å². The zero-order valence-corrected chi connectivity index (χ0v) is 22.5. The van der Waals surface area contributed by atoms with Crippen LogP contribution in [0.3, 0.4) is 0 Å². The number of piperazine rings is 1. The number of fused-ring (bicyclic) bond motifs is 1. The lowest BCUT2D eigenvalue weighted by atomic mass is 9.86. The van der Waals surface area contributed by atoms with Gasteiger partial charge in [-0.15, -0.1) is 0 Å². The van der Waals surface area contributed by atoms with E-state index in [-0.39, 0.29) is 35.7 Å². The molecule has 1 fully saturated rings. The Morgan fingerprint density at radius 1 is 1.12 bits per heavy atom. The van der Waals surface area contributed by atoms with Crippen LogP contribution in [-0.2, 0) is 22.6 Å². The summed E-state index contributed by atoms with van der Waals surface area (Å²) in [5, 5.41) is 18.2. The molecule has 3 aromatic rings. The second-order valence-electron chi connectivity index (χ2n) is 10.8. The van der Waals surface area contributed by atoms with Gasteiger partial charge < -0.3 is 20.1 Å². The van der Waals surface area contributed by atoms with Crippen LogP contribution in [0, 0.1) is 11.6 Å². The second kappa shape index (κ2) is 10.5. The number of amides is 2. The third kappa shape index (κ3) is 5.52. The highest BCUT2D eigenvalue weighted by atomic mass is 19.1. The lowest BCUT2D eigenvalue weighted by molar-refractivity contribution is -0.164. The minimum Gasteiger partial charge on any atom is -0.434 e. The highest BCUT2D eigenvalue weighted by Crippen LogP contribution is 2.31. The van der Waals surface area contributed by atoms with Crippen molar-refractivity contribution in [1.29, 1.82) is 0 Å². The first-order valence-electron chi connectivity index (χ1n) is 13.0. The molecule has 40 heavy (non-hydrogen) atoms. The summed E-state index contributed by atoms with van der Waals surface area (Å²) in [4.78, 5) is 38.4. The van der Waals surface area contributed by atoms with Crippen molar-refractivity contribution in [3.05, 3.63) is 60.2 Å². The average Bonchev–Trinajstić information content (AvgIpc) is 3.37. The molecule has 0 radical (unpaired) electrons. The largest absolute Gasteiger partial charge is 0.434 e. The third-order valence-electron chi connectivity index (χ3n) is 7.51. The van der Waals surface area contributed by atoms with E-state index in [1.54, 1.807) is 22.7 Å². The van der Waals surface area contributed by atoms with Crippen LogP contribution < -0.4 is 10.1 Å². The SMILES string of the molecule is C[C@H](C(=O)Nc1cnc(Oc2ccc(F)cc2F)cn1)N1CCN(C(=O)[C@@]2(O)CCn3nccc3C2)C(C)(C)C1. The molecule has 0 unspecified atom stereocenters. The molecule has 1 saturated heterocycles. The van der Waals surface area contributed by atoms with Gasteiger partial charge in [0.1, 0.15) is 5.82 Å². The number of nitrogens with zero attached hydrogens (tertiary/aromatic N) is 6. The normalized spacial score (nSPS) is 21.4. The Labute approximate surface area is 229 Å². The van der Waals surface area contributed by atoms with Crippen molar-refractivity contribution in [1.82, 2.24) is 29.5 Å². The number of rotatable bonds is 6. The minimum atomic E-state index is -1.49. The number of nitrogens with one attached hydrogen (secondary N) is 1. The number of aliphatic hydroxyl groups is 1. The Morgan fingerprint density at radius 2 is 1.93 bits per heavy atom. The second-order valence-corrected chi connectivity index (χ2v) is 10.8. The van der Waals surface area contributed by atoms with Crippen molar-refractivity contribution in [3.63, 3.8) is 0 Å². The van der Waals surface area contributed by atoms with E-state index in [0.29, 0.717) is 38.7 Å². The zero-order chi connectivity index (χ0) is 28.7. The van der Waals surface area contributed by atoms with E-state index in [4.69, 9.17) is 4.74 Å². The molecule has 4 heterocycles. The number of halogens is 2. The fourth-order valence-corrected chi connectivity index (χ4v) is 5.22. The van der Waals surface area contributed by atoms with Gasteiger partial charge in [0.25, 0.3) is 5.91 Å². The minimum absolute atomic E-state index is 0.0248. The summed E-state index contributed by atoms with van der Waals surface area (Å²) in [6.45, 7) is 7.31. The van der Waals surface area contributed by atoms with Crippen LogP contribution in [0.4, 0.5) is 14.6 Å². The monoisotopic (exact) mass is 555 g/mol. The first-order valence-corrected chi connectivity index (χ1v) is 13.0. The zero-order valence-electron chi connectivity index (χ0n) is 22.5. The van der Waals surface area contributed by atoms with Crippen molar-refractivity contribution >= 4 is 17.6 Å². The molecule has 5 rings (SSSR count). The Morgan fingerprint density at radius 3 is 2.62 bits per heavy atom. The van der Waals surface area contributed by atoms with Gasteiger partial charge in [0.2, 0.25) is 11.8 Å². The highest BCUT2D eigenvalue weighted by molar-refractivity contribution is 5.93. The quantitative estimate of drug-likeness (QED) is 0.475. The number of benzene rings is 1. The van der Waals surface area contributed by atoms with Crippen molar-refractivity contribution in [2.75, 3.05) is 25.0 Å². The standard InChI is InChI=1S/C27H31F2N7O4/c1-17(24(37)33-22-14-31-23(15-30-22)40-21-5-4-18(28)12-20(21)29)34-10-11-35(26(2,3)16-34)25(38)27(39)7-9-36-19(13-27)6-8-32-36/h4-6,8,12,14-15,17,39H,7,9-11,13,16H2,1-3H3,(H,30,33,37)/t17-,27-/m1/s1. The molecule has 0 spiro atoms. The molecule has 2 aromatic heterocycles. The van der Waals surface area contributed by atoms with Gasteiger partial charge in [-0.1, -0.05) is 0 Å². The fourth-order valence-electron chi connectivity index (χ4n) is 5.22. The van der Waals surface area contributed by atoms with E-state index >= 15 is 0 Å². The predicted molar refractivity (Wildman–Crippen MR) is 139 cm³/mol. The van der Waals surface area contributed by atoms with Gasteiger partial charge in [0.15, 0.2) is 23.0 Å². The number of anilines is 1. The van der Waals surface area contributed by atoms with Crippen molar-refractivity contribution in [2.24, 2.45) is 0 Å². The number of aromatic nitrogens is 4. The van der Waals surface area contributed by atoms with Crippen molar-refractivity contribution in [3.8, 4) is 11.6 Å². The average molecular weight is 556 g/mol. The van der Waals surface area contributed by atoms with Crippen LogP contribution in [0.25, 0.3) is 0 Å². The number of hydrogen-bond acceptors (Lipinski definition) is 8. The van der Waals surface area contributed by atoms with Gasteiger partial charge in [0.05, 0.1) is 24.0 Å². The number of ether oxygens (including phenoxy) is 1. The van der Waals surface area contributed by atoms with E-state index < -0.39 is 28.8 Å². The highest BCUT2D eigenvalue weighted by Gasteiger charge is 2.48. The van der Waals surface area contributed by atoms with Gasteiger partial charge in [0, 0.05) is 57.0 Å². The van der Waals surface area contributed by atoms with Gasteiger partial charge in [-0.25, -0.2) is 18.7 Å². The van der Waals surface area contributed by atoms with Crippen LogP contribution in [0.5, 0.6) is 11.6 Å². The van der Waals surface area contributed by atoms with Crippen LogP contribution >= 0.6 is 0 Å². The van der Waals surface area contributed by atoms with Gasteiger partial charge >= 0.3 is 0 Å². The smallest absolute Gasteiger partial charge is 0.255 e. The summed E-state index contributed by atoms with van der Waals surface area (Å²) in [5.41, 5.74) is -1.30. The summed E-state index contributed by atoms with van der Waals surface area (Å²) < 4.78 is 34.0. The van der Waals surface area contributed by atoms with E-state index in [0.717, 1.165) is 17.8 Å².